The zero-order valence-electron chi connectivity index (χ0n) is 8.73. The molecule has 0 aromatic rings. The van der Waals surface area contributed by atoms with E-state index in [9.17, 15) is 9.59 Å². The maximum atomic E-state index is 11.2. The number of imide groups is 1. The van der Waals surface area contributed by atoms with Crippen molar-refractivity contribution >= 4 is 23.6 Å². The molecule has 1 aliphatic heterocycles. The topological polar surface area (TPSA) is 61.2 Å². The van der Waals surface area contributed by atoms with E-state index in [1.54, 1.807) is 0 Å². The van der Waals surface area contributed by atoms with Crippen LogP contribution in [0.2, 0.25) is 0 Å². The fraction of sp³-hybridized carbons (Fsp3) is 0.700. The normalized spacial score (nSPS) is 18.0. The van der Waals surface area contributed by atoms with Crippen LogP contribution in [0, 0.1) is 10.7 Å². The van der Waals surface area contributed by atoms with Crippen LogP contribution >= 0.6 is 11.8 Å². The lowest BCUT2D eigenvalue weighted by Crippen LogP contribution is -2.30. The van der Waals surface area contributed by atoms with Gasteiger partial charge in [0.15, 0.2) is 0 Å². The third-order valence-corrected chi connectivity index (χ3v) is 3.14. The number of thioether (sulfide) groups is 1. The molecule has 0 radical (unpaired) electrons. The summed E-state index contributed by atoms with van der Waals surface area (Å²) >= 11 is 1.23. The number of carbonyl (C=O) groups excluding carboxylic acids is 2. The molecule has 1 saturated heterocycles. The van der Waals surface area contributed by atoms with Gasteiger partial charge in [0.2, 0.25) is 11.8 Å². The van der Waals surface area contributed by atoms with E-state index in [2.05, 4.69) is 0 Å². The summed E-state index contributed by atoms with van der Waals surface area (Å²) in [4.78, 5) is 23.8. The van der Waals surface area contributed by atoms with Crippen molar-refractivity contribution in [2.75, 3.05) is 6.54 Å². The van der Waals surface area contributed by atoms with E-state index in [0.717, 1.165) is 12.8 Å². The minimum Gasteiger partial charge on any atom is -0.283 e. The van der Waals surface area contributed by atoms with E-state index in [0.29, 0.717) is 19.4 Å². The molecule has 4 nitrogen and oxygen atoms in total. The Morgan fingerprint density at radius 1 is 1.47 bits per heavy atom. The van der Waals surface area contributed by atoms with Crippen molar-refractivity contribution < 1.29 is 9.59 Å². The molecule has 1 atom stereocenters. The first-order valence-electron chi connectivity index (χ1n) is 5.03. The van der Waals surface area contributed by atoms with Gasteiger partial charge < -0.3 is 0 Å². The van der Waals surface area contributed by atoms with E-state index in [-0.39, 0.29) is 17.1 Å². The molecule has 2 amide bonds. The molecule has 0 bridgehead atoms. The second kappa shape index (κ2) is 5.76. The number of hydrogen-bond acceptors (Lipinski definition) is 4. The molecule has 1 unspecified atom stereocenters. The smallest absolute Gasteiger partial charge is 0.229 e. The standard InChI is InChI=1S/C10H14N2O2S/c1-8(15-7-11)3-2-6-12-9(13)4-5-10(12)14/h8H,2-6H2,1H3. The first kappa shape index (κ1) is 12.1. The fourth-order valence-corrected chi connectivity index (χ4v) is 2.02. The van der Waals surface area contributed by atoms with Crippen molar-refractivity contribution in [3.05, 3.63) is 0 Å². The summed E-state index contributed by atoms with van der Waals surface area (Å²) in [6.07, 6.45) is 2.37. The van der Waals surface area contributed by atoms with E-state index in [4.69, 9.17) is 5.26 Å². The first-order chi connectivity index (χ1) is 7.15. The third-order valence-electron chi connectivity index (χ3n) is 2.40. The molecular formula is C10H14N2O2S. The van der Waals surface area contributed by atoms with Gasteiger partial charge in [0.25, 0.3) is 0 Å². The molecule has 1 heterocycles. The number of rotatable bonds is 5. The highest BCUT2D eigenvalue weighted by Gasteiger charge is 2.27. The second-order valence-electron chi connectivity index (χ2n) is 3.60. The SMILES string of the molecule is CC(CCCN1C(=O)CCC1=O)SC#N. The summed E-state index contributed by atoms with van der Waals surface area (Å²) < 4.78 is 0. The summed E-state index contributed by atoms with van der Waals surface area (Å²) in [6.45, 7) is 2.48. The molecule has 5 heteroatoms. The molecule has 15 heavy (non-hydrogen) atoms. The van der Waals surface area contributed by atoms with Gasteiger partial charge in [-0.05, 0) is 24.6 Å². The molecule has 0 aromatic carbocycles. The van der Waals surface area contributed by atoms with Gasteiger partial charge in [-0.15, -0.1) is 0 Å². The largest absolute Gasteiger partial charge is 0.283 e. The molecule has 0 N–H and O–H groups in total. The zero-order chi connectivity index (χ0) is 11.3. The predicted molar refractivity (Wildman–Crippen MR) is 57.9 cm³/mol. The van der Waals surface area contributed by atoms with Gasteiger partial charge in [-0.2, -0.15) is 5.26 Å². The highest BCUT2D eigenvalue weighted by Crippen LogP contribution is 2.16. The molecule has 1 rings (SSSR count). The van der Waals surface area contributed by atoms with Gasteiger partial charge in [-0.25, -0.2) is 0 Å². The molecule has 1 fully saturated rings. The monoisotopic (exact) mass is 226 g/mol. The number of hydrogen-bond donors (Lipinski definition) is 0. The van der Waals surface area contributed by atoms with E-state index < -0.39 is 0 Å². The van der Waals surface area contributed by atoms with E-state index >= 15 is 0 Å². The molecule has 0 spiro atoms. The lowest BCUT2D eigenvalue weighted by molar-refractivity contribution is -0.138. The quantitative estimate of drug-likeness (QED) is 0.526. The number of amides is 2. The highest BCUT2D eigenvalue weighted by molar-refractivity contribution is 8.04. The lowest BCUT2D eigenvalue weighted by atomic mass is 10.2. The molecule has 0 aromatic heterocycles. The van der Waals surface area contributed by atoms with Crippen molar-refractivity contribution in [1.29, 1.82) is 5.26 Å². The molecule has 0 saturated carbocycles. The Balaban J connectivity index is 2.23. The van der Waals surface area contributed by atoms with Crippen LogP contribution in [0.4, 0.5) is 0 Å². The maximum Gasteiger partial charge on any atom is 0.229 e. The van der Waals surface area contributed by atoms with Crippen LogP contribution in [0.15, 0.2) is 0 Å². The first-order valence-corrected chi connectivity index (χ1v) is 5.91. The zero-order valence-corrected chi connectivity index (χ0v) is 9.55. The summed E-state index contributed by atoms with van der Waals surface area (Å²) in [5, 5.41) is 10.7. The predicted octanol–water partition coefficient (Wildman–Crippen LogP) is 1.52. The van der Waals surface area contributed by atoms with Crippen LogP contribution in [0.25, 0.3) is 0 Å². The van der Waals surface area contributed by atoms with Crippen molar-refractivity contribution in [2.24, 2.45) is 0 Å². The van der Waals surface area contributed by atoms with Gasteiger partial charge in [0.05, 0.1) is 0 Å². The lowest BCUT2D eigenvalue weighted by Gasteiger charge is -2.14. The van der Waals surface area contributed by atoms with E-state index in [1.807, 2.05) is 12.3 Å². The number of nitriles is 1. The van der Waals surface area contributed by atoms with Gasteiger partial charge in [0, 0.05) is 24.6 Å². The maximum absolute atomic E-state index is 11.2. The number of carbonyl (C=O) groups is 2. The second-order valence-corrected chi connectivity index (χ2v) is 4.82. The molecule has 82 valence electrons. The van der Waals surface area contributed by atoms with Crippen molar-refractivity contribution in [1.82, 2.24) is 4.90 Å². The average molecular weight is 226 g/mol. The fourth-order valence-electron chi connectivity index (χ4n) is 1.56. The van der Waals surface area contributed by atoms with Gasteiger partial charge in [-0.1, -0.05) is 6.92 Å². The Bertz CT molecular complexity index is 282. The Labute approximate surface area is 93.6 Å². The van der Waals surface area contributed by atoms with Crippen LogP contribution in [0.1, 0.15) is 32.6 Å². The Morgan fingerprint density at radius 3 is 2.60 bits per heavy atom. The Hall–Kier alpha value is -1.02. The van der Waals surface area contributed by atoms with Crippen molar-refractivity contribution in [3.8, 4) is 5.40 Å². The molecular weight excluding hydrogens is 212 g/mol. The third kappa shape index (κ3) is 3.56. The van der Waals surface area contributed by atoms with Crippen molar-refractivity contribution in [2.45, 2.75) is 37.9 Å². The minimum atomic E-state index is -0.0550. The van der Waals surface area contributed by atoms with Gasteiger partial charge >= 0.3 is 0 Å². The van der Waals surface area contributed by atoms with Crippen LogP contribution in [-0.2, 0) is 9.59 Å². The minimum absolute atomic E-state index is 0.0550. The van der Waals surface area contributed by atoms with Crippen LogP contribution < -0.4 is 0 Å². The number of thiocyanates is 1. The number of likely N-dealkylation sites (tertiary alicyclic amines) is 1. The molecule has 0 aliphatic carbocycles. The van der Waals surface area contributed by atoms with Gasteiger partial charge in [-0.3, -0.25) is 14.5 Å². The summed E-state index contributed by atoms with van der Waals surface area (Å²) in [6, 6.07) is 0. The van der Waals surface area contributed by atoms with Crippen LogP contribution in [0.3, 0.4) is 0 Å². The summed E-state index contributed by atoms with van der Waals surface area (Å²) in [7, 11) is 0. The highest BCUT2D eigenvalue weighted by atomic mass is 32.2. The van der Waals surface area contributed by atoms with E-state index in [1.165, 1.54) is 16.7 Å². The Morgan fingerprint density at radius 2 is 2.07 bits per heavy atom. The molecule has 1 aliphatic rings. The average Bonchev–Trinajstić information content (AvgIpc) is 2.49. The van der Waals surface area contributed by atoms with Crippen LogP contribution in [0.5, 0.6) is 0 Å². The van der Waals surface area contributed by atoms with Gasteiger partial charge in [0.1, 0.15) is 5.40 Å². The summed E-state index contributed by atoms with van der Waals surface area (Å²) in [5.41, 5.74) is 0. The summed E-state index contributed by atoms with van der Waals surface area (Å²) in [5.74, 6) is -0.110. The number of nitrogens with zero attached hydrogens (tertiary/aromatic N) is 2. The van der Waals surface area contributed by atoms with Crippen molar-refractivity contribution in [3.63, 3.8) is 0 Å². The van der Waals surface area contributed by atoms with Crippen LogP contribution in [-0.4, -0.2) is 28.5 Å². The Kier molecular flexibility index (Phi) is 4.63.